The van der Waals surface area contributed by atoms with Crippen LogP contribution in [0.1, 0.15) is 46.0 Å². The average molecular weight is 285 g/mol. The van der Waals surface area contributed by atoms with Crippen LogP contribution in [0.25, 0.3) is 0 Å². The highest BCUT2D eigenvalue weighted by Gasteiger charge is 2.55. The lowest BCUT2D eigenvalue weighted by Crippen LogP contribution is -2.49. The minimum absolute atomic E-state index is 0.167. The summed E-state index contributed by atoms with van der Waals surface area (Å²) in [6, 6.07) is 0. The van der Waals surface area contributed by atoms with Crippen molar-refractivity contribution < 1.29 is 5.11 Å². The second-order valence-electron chi connectivity index (χ2n) is 8.09. The Bertz CT molecular complexity index is 560. The van der Waals surface area contributed by atoms with E-state index >= 15 is 0 Å². The number of rotatable bonds is 0. The van der Waals surface area contributed by atoms with E-state index in [2.05, 4.69) is 32.1 Å². The molecule has 3 N–H and O–H groups in total. The molecule has 2 heteroatoms. The number of hydrogen-bond acceptors (Lipinski definition) is 2. The summed E-state index contributed by atoms with van der Waals surface area (Å²) in [7, 11) is 0. The van der Waals surface area contributed by atoms with E-state index in [1.54, 1.807) is 0 Å². The number of aliphatic hydroxyl groups excluding tert-OH is 1. The Morgan fingerprint density at radius 3 is 2.86 bits per heavy atom. The highest BCUT2D eigenvalue weighted by atomic mass is 16.3. The first-order valence-corrected chi connectivity index (χ1v) is 8.50. The van der Waals surface area contributed by atoms with Crippen molar-refractivity contribution >= 4 is 0 Å². The normalized spacial score (nSPS) is 51.6. The summed E-state index contributed by atoms with van der Waals surface area (Å²) in [6.45, 7) is 4.79. The van der Waals surface area contributed by atoms with Crippen molar-refractivity contribution in [3.05, 3.63) is 35.6 Å². The number of fused-ring (bicyclic) bond motifs is 5. The van der Waals surface area contributed by atoms with Crippen molar-refractivity contribution in [3.8, 4) is 0 Å². The Hall–Kier alpha value is -1.02. The lowest BCUT2D eigenvalue weighted by molar-refractivity contribution is -0.00759. The minimum Gasteiger partial charge on any atom is -0.402 e. The molecule has 0 spiro atoms. The molecule has 0 unspecified atom stereocenters. The third kappa shape index (κ3) is 1.69. The Morgan fingerprint density at radius 2 is 2.05 bits per heavy atom. The molecule has 0 aromatic rings. The standard InChI is InChI=1S/C19H27NO/c1-18-9-7-13(21)11-12(18)3-4-14-15-5-6-17(20)19(15,2)10-8-16(14)18/h6-7,9,11,13-16,21H,3-5,8,10,20H2,1-2H3/t13-,14-,15-,16-,18-,19-/m0/s1. The fourth-order valence-electron chi connectivity index (χ4n) is 5.92. The number of nitrogens with two attached hydrogens (primary N) is 1. The Balaban J connectivity index is 1.70. The van der Waals surface area contributed by atoms with E-state index in [-0.39, 0.29) is 16.9 Å². The van der Waals surface area contributed by atoms with Crippen LogP contribution in [0.15, 0.2) is 35.6 Å². The summed E-state index contributed by atoms with van der Waals surface area (Å²) in [4.78, 5) is 0. The van der Waals surface area contributed by atoms with Gasteiger partial charge in [0.15, 0.2) is 0 Å². The SMILES string of the molecule is C[C@]12C=C[C@H](O)C=C1CC[C@@H]1[C@@H]2CC[C@]2(C)C(N)=CC[C@@H]12. The zero-order valence-corrected chi connectivity index (χ0v) is 13.2. The Labute approximate surface area is 127 Å². The number of aliphatic hydroxyl groups is 1. The fraction of sp³-hybridized carbons (Fsp3) is 0.684. The van der Waals surface area contributed by atoms with Crippen LogP contribution in [0, 0.1) is 28.6 Å². The quantitative estimate of drug-likeness (QED) is 0.669. The van der Waals surface area contributed by atoms with E-state index in [9.17, 15) is 5.11 Å². The van der Waals surface area contributed by atoms with E-state index in [4.69, 9.17) is 5.73 Å². The number of hydrogen-bond donors (Lipinski definition) is 2. The van der Waals surface area contributed by atoms with E-state index in [1.807, 2.05) is 6.08 Å². The molecule has 0 heterocycles. The molecule has 0 aromatic carbocycles. The van der Waals surface area contributed by atoms with Crippen LogP contribution in [0.2, 0.25) is 0 Å². The van der Waals surface area contributed by atoms with Gasteiger partial charge in [0.2, 0.25) is 0 Å². The van der Waals surface area contributed by atoms with Gasteiger partial charge in [-0.05, 0) is 49.9 Å². The molecular weight excluding hydrogens is 258 g/mol. The molecule has 6 atom stereocenters. The zero-order chi connectivity index (χ0) is 14.8. The van der Waals surface area contributed by atoms with Crippen LogP contribution >= 0.6 is 0 Å². The van der Waals surface area contributed by atoms with E-state index in [0.29, 0.717) is 0 Å². The third-order valence-electron chi connectivity index (χ3n) is 7.30. The first kappa shape index (κ1) is 13.6. The topological polar surface area (TPSA) is 46.2 Å². The average Bonchev–Trinajstić information content (AvgIpc) is 2.76. The van der Waals surface area contributed by atoms with Gasteiger partial charge >= 0.3 is 0 Å². The van der Waals surface area contributed by atoms with Crippen molar-refractivity contribution in [1.29, 1.82) is 0 Å². The predicted octanol–water partition coefficient (Wildman–Crippen LogP) is 3.54. The molecule has 4 aliphatic carbocycles. The monoisotopic (exact) mass is 285 g/mol. The molecule has 2 saturated carbocycles. The Kier molecular flexibility index (Phi) is 2.76. The maximum atomic E-state index is 9.90. The summed E-state index contributed by atoms with van der Waals surface area (Å²) in [5.41, 5.74) is 9.36. The van der Waals surface area contributed by atoms with Gasteiger partial charge < -0.3 is 10.8 Å². The smallest absolute Gasteiger partial charge is 0.0905 e. The van der Waals surface area contributed by atoms with Crippen molar-refractivity contribution in [2.45, 2.75) is 52.1 Å². The molecule has 4 aliphatic rings. The molecule has 2 fully saturated rings. The van der Waals surface area contributed by atoms with Crippen molar-refractivity contribution in [3.63, 3.8) is 0 Å². The summed E-state index contributed by atoms with van der Waals surface area (Å²) in [6.07, 6.45) is 14.4. The molecule has 114 valence electrons. The number of allylic oxidation sites excluding steroid dienone is 4. The maximum Gasteiger partial charge on any atom is 0.0905 e. The van der Waals surface area contributed by atoms with Gasteiger partial charge in [-0.15, -0.1) is 0 Å². The van der Waals surface area contributed by atoms with Crippen LogP contribution in [0.4, 0.5) is 0 Å². The van der Waals surface area contributed by atoms with Gasteiger partial charge in [-0.3, -0.25) is 0 Å². The first-order valence-electron chi connectivity index (χ1n) is 8.50. The summed E-state index contributed by atoms with van der Waals surface area (Å²) in [5.74, 6) is 2.23. The summed E-state index contributed by atoms with van der Waals surface area (Å²) < 4.78 is 0. The van der Waals surface area contributed by atoms with Crippen molar-refractivity contribution in [2.75, 3.05) is 0 Å². The lowest BCUT2D eigenvalue weighted by Gasteiger charge is -2.56. The van der Waals surface area contributed by atoms with Gasteiger partial charge in [-0.1, -0.05) is 43.7 Å². The van der Waals surface area contributed by atoms with Gasteiger partial charge in [-0.25, -0.2) is 0 Å². The molecule has 0 radical (unpaired) electrons. The molecule has 0 aliphatic heterocycles. The van der Waals surface area contributed by atoms with E-state index in [1.165, 1.54) is 31.3 Å². The van der Waals surface area contributed by atoms with Gasteiger partial charge in [0.1, 0.15) is 0 Å². The largest absolute Gasteiger partial charge is 0.402 e. The fourth-order valence-corrected chi connectivity index (χ4v) is 5.92. The van der Waals surface area contributed by atoms with Crippen molar-refractivity contribution in [2.24, 2.45) is 34.3 Å². The van der Waals surface area contributed by atoms with Crippen LogP contribution in [-0.4, -0.2) is 11.2 Å². The third-order valence-corrected chi connectivity index (χ3v) is 7.30. The van der Waals surface area contributed by atoms with Gasteiger partial charge in [0.25, 0.3) is 0 Å². The summed E-state index contributed by atoms with van der Waals surface area (Å²) >= 11 is 0. The predicted molar refractivity (Wildman–Crippen MR) is 85.3 cm³/mol. The van der Waals surface area contributed by atoms with Crippen LogP contribution in [0.3, 0.4) is 0 Å². The molecule has 0 amide bonds. The first-order chi connectivity index (χ1) is 9.95. The van der Waals surface area contributed by atoms with E-state index < -0.39 is 0 Å². The van der Waals surface area contributed by atoms with Crippen molar-refractivity contribution in [1.82, 2.24) is 0 Å². The summed E-state index contributed by atoms with van der Waals surface area (Å²) in [5, 5.41) is 9.90. The second kappa shape index (κ2) is 4.25. The van der Waals surface area contributed by atoms with Crippen LogP contribution in [0.5, 0.6) is 0 Å². The zero-order valence-electron chi connectivity index (χ0n) is 13.2. The van der Waals surface area contributed by atoms with Crippen LogP contribution in [-0.2, 0) is 0 Å². The van der Waals surface area contributed by atoms with Gasteiger partial charge in [0.05, 0.1) is 6.10 Å². The molecule has 0 bridgehead atoms. The van der Waals surface area contributed by atoms with Gasteiger partial charge in [0, 0.05) is 16.5 Å². The molecular formula is C19H27NO. The Morgan fingerprint density at radius 1 is 1.24 bits per heavy atom. The highest BCUT2D eigenvalue weighted by molar-refractivity contribution is 5.34. The van der Waals surface area contributed by atoms with Crippen LogP contribution < -0.4 is 5.73 Å². The molecule has 4 rings (SSSR count). The second-order valence-corrected chi connectivity index (χ2v) is 8.09. The molecule has 21 heavy (non-hydrogen) atoms. The maximum absolute atomic E-state index is 9.90. The highest BCUT2D eigenvalue weighted by Crippen LogP contribution is 2.63. The van der Waals surface area contributed by atoms with Gasteiger partial charge in [-0.2, -0.15) is 0 Å². The van der Waals surface area contributed by atoms with E-state index in [0.717, 1.165) is 29.9 Å². The molecule has 0 saturated heterocycles. The molecule has 2 nitrogen and oxygen atoms in total. The molecule has 0 aromatic heterocycles. The minimum atomic E-state index is -0.373. The lowest BCUT2D eigenvalue weighted by atomic mass is 9.48.